The van der Waals surface area contributed by atoms with Crippen LogP contribution in [-0.2, 0) is 9.53 Å². The van der Waals surface area contributed by atoms with Crippen molar-refractivity contribution in [3.63, 3.8) is 0 Å². The van der Waals surface area contributed by atoms with Crippen LogP contribution in [0.1, 0.15) is 6.92 Å². The number of carbonyl (C=O) groups excluding carboxylic acids is 1. The van der Waals surface area contributed by atoms with E-state index in [1.54, 1.807) is 25.5 Å². The number of para-hydroxylation sites is 1. The maximum atomic E-state index is 11.8. The summed E-state index contributed by atoms with van der Waals surface area (Å²) in [5.41, 5.74) is 0.938. The molecule has 1 heterocycles. The Labute approximate surface area is 100 Å². The Morgan fingerprint density at radius 2 is 2.18 bits per heavy atom. The maximum Gasteiger partial charge on any atom is 0.334 e. The zero-order valence-corrected chi connectivity index (χ0v) is 9.61. The summed E-state index contributed by atoms with van der Waals surface area (Å²) in [5.74, 6) is -0.288. The number of esters is 1. The lowest BCUT2D eigenvalue weighted by Crippen LogP contribution is -2.41. The second-order valence-corrected chi connectivity index (χ2v) is 3.54. The van der Waals surface area contributed by atoms with Crippen LogP contribution in [0.4, 0.5) is 5.69 Å². The molecule has 4 heteroatoms. The molecule has 1 atom stereocenters. The molecule has 1 aromatic carbocycles. The molecule has 0 bridgehead atoms. The molecule has 1 aromatic rings. The summed E-state index contributed by atoms with van der Waals surface area (Å²) >= 11 is 0. The van der Waals surface area contributed by atoms with Crippen molar-refractivity contribution in [3.8, 4) is 0 Å². The Morgan fingerprint density at radius 3 is 2.88 bits per heavy atom. The molecule has 0 aliphatic carbocycles. The van der Waals surface area contributed by atoms with E-state index in [0.717, 1.165) is 5.69 Å². The highest BCUT2D eigenvalue weighted by molar-refractivity contribution is 5.99. The fourth-order valence-corrected chi connectivity index (χ4v) is 1.65. The van der Waals surface area contributed by atoms with Crippen molar-refractivity contribution in [1.29, 1.82) is 0 Å². The highest BCUT2D eigenvalue weighted by Gasteiger charge is 2.25. The predicted molar refractivity (Wildman–Crippen MR) is 67.0 cm³/mol. The first kappa shape index (κ1) is 11.4. The third kappa shape index (κ3) is 2.53. The van der Waals surface area contributed by atoms with Gasteiger partial charge in [0.2, 0.25) is 0 Å². The average Bonchev–Trinajstić information content (AvgIpc) is 2.40. The molecule has 2 rings (SSSR count). The van der Waals surface area contributed by atoms with E-state index in [1.807, 2.05) is 35.2 Å². The van der Waals surface area contributed by atoms with Crippen LogP contribution < -0.4 is 4.90 Å². The van der Waals surface area contributed by atoms with Crippen LogP contribution in [0.2, 0.25) is 0 Å². The molecule has 0 radical (unpaired) electrons. The number of carbonyl (C=O) groups is 1. The number of nitrogens with zero attached hydrogens (tertiary/aromatic N) is 2. The molecule has 0 fully saturated rings. The lowest BCUT2D eigenvalue weighted by atomic mass is 10.2. The van der Waals surface area contributed by atoms with Gasteiger partial charge >= 0.3 is 5.97 Å². The van der Waals surface area contributed by atoms with Gasteiger partial charge < -0.3 is 9.64 Å². The van der Waals surface area contributed by atoms with Crippen LogP contribution in [0.5, 0.6) is 0 Å². The summed E-state index contributed by atoms with van der Waals surface area (Å²) in [6, 6.07) is 9.19. The molecule has 88 valence electrons. The van der Waals surface area contributed by atoms with Crippen molar-refractivity contribution in [2.75, 3.05) is 11.5 Å². The minimum Gasteiger partial charge on any atom is -0.464 e. The molecular weight excluding hydrogens is 216 g/mol. The first-order chi connectivity index (χ1) is 8.33. The molecule has 0 saturated heterocycles. The molecule has 1 aliphatic rings. The Morgan fingerprint density at radius 1 is 1.41 bits per heavy atom. The summed E-state index contributed by atoms with van der Waals surface area (Å²) in [7, 11) is 0. The number of hydrogen-bond acceptors (Lipinski definition) is 4. The number of hydrogen-bond donors (Lipinski definition) is 0. The van der Waals surface area contributed by atoms with Crippen molar-refractivity contribution in [3.05, 3.63) is 42.7 Å². The fourth-order valence-electron chi connectivity index (χ4n) is 1.65. The zero-order chi connectivity index (χ0) is 12.1. The van der Waals surface area contributed by atoms with Crippen LogP contribution >= 0.6 is 0 Å². The third-order valence-corrected chi connectivity index (χ3v) is 2.42. The lowest BCUT2D eigenvalue weighted by molar-refractivity contribution is -0.142. The van der Waals surface area contributed by atoms with Crippen molar-refractivity contribution < 1.29 is 9.53 Å². The van der Waals surface area contributed by atoms with Gasteiger partial charge in [-0.3, -0.25) is 4.99 Å². The first-order valence-corrected chi connectivity index (χ1v) is 5.53. The van der Waals surface area contributed by atoms with Crippen LogP contribution in [0.15, 0.2) is 47.7 Å². The van der Waals surface area contributed by atoms with Gasteiger partial charge in [-0.2, -0.15) is 0 Å². The van der Waals surface area contributed by atoms with Gasteiger partial charge in [-0.15, -0.1) is 0 Å². The lowest BCUT2D eigenvalue weighted by Gasteiger charge is -2.27. The van der Waals surface area contributed by atoms with Crippen molar-refractivity contribution in [2.45, 2.75) is 13.0 Å². The largest absolute Gasteiger partial charge is 0.464 e. The number of ether oxygens (including phenoxy) is 1. The zero-order valence-electron chi connectivity index (χ0n) is 9.61. The van der Waals surface area contributed by atoms with E-state index < -0.39 is 6.04 Å². The summed E-state index contributed by atoms with van der Waals surface area (Å²) in [4.78, 5) is 17.6. The van der Waals surface area contributed by atoms with Crippen LogP contribution in [-0.4, -0.2) is 24.8 Å². The van der Waals surface area contributed by atoms with Gasteiger partial charge in [-0.05, 0) is 19.1 Å². The van der Waals surface area contributed by atoms with Gasteiger partial charge in [0.1, 0.15) is 0 Å². The highest BCUT2D eigenvalue weighted by atomic mass is 16.5. The van der Waals surface area contributed by atoms with Crippen LogP contribution in [0, 0.1) is 0 Å². The van der Waals surface area contributed by atoms with E-state index in [1.165, 1.54) is 0 Å². The summed E-state index contributed by atoms with van der Waals surface area (Å²) < 4.78 is 5.03. The second kappa shape index (κ2) is 5.30. The minimum absolute atomic E-state index is 0.288. The standard InChI is InChI=1S/C13H14N2O2/c1-2-17-13(16)12-10-14-8-9-15(12)11-6-4-3-5-7-11/h3-10,12H,2H2,1H3. The molecule has 0 spiro atoms. The van der Waals surface area contributed by atoms with E-state index in [2.05, 4.69) is 4.99 Å². The Balaban J connectivity index is 2.23. The maximum absolute atomic E-state index is 11.8. The Bertz CT molecular complexity index is 440. The normalized spacial score (nSPS) is 18.2. The number of aliphatic imine (C=N–C) groups is 1. The number of anilines is 1. The van der Waals surface area contributed by atoms with E-state index in [9.17, 15) is 4.79 Å². The predicted octanol–water partition coefficient (Wildman–Crippen LogP) is 1.98. The molecule has 0 amide bonds. The summed E-state index contributed by atoms with van der Waals surface area (Å²) in [6.45, 7) is 2.16. The SMILES string of the molecule is CCOC(=O)C1C=NC=CN1c1ccccc1. The number of rotatable bonds is 3. The highest BCUT2D eigenvalue weighted by Crippen LogP contribution is 2.19. The fraction of sp³-hybridized carbons (Fsp3) is 0.231. The topological polar surface area (TPSA) is 41.9 Å². The van der Waals surface area contributed by atoms with Crippen molar-refractivity contribution >= 4 is 17.9 Å². The smallest absolute Gasteiger partial charge is 0.334 e. The molecule has 1 aliphatic heterocycles. The monoisotopic (exact) mass is 230 g/mol. The summed E-state index contributed by atoms with van der Waals surface area (Å²) in [5, 5.41) is 0. The molecule has 0 aromatic heterocycles. The molecule has 17 heavy (non-hydrogen) atoms. The van der Waals surface area contributed by atoms with E-state index in [-0.39, 0.29) is 5.97 Å². The van der Waals surface area contributed by atoms with Crippen LogP contribution in [0.3, 0.4) is 0 Å². The summed E-state index contributed by atoms with van der Waals surface area (Å²) in [6.07, 6.45) is 5.02. The van der Waals surface area contributed by atoms with Gasteiger partial charge in [-0.25, -0.2) is 4.79 Å². The van der Waals surface area contributed by atoms with Gasteiger partial charge in [-0.1, -0.05) is 18.2 Å². The van der Waals surface area contributed by atoms with Crippen molar-refractivity contribution in [1.82, 2.24) is 0 Å². The Kier molecular flexibility index (Phi) is 3.55. The molecule has 0 saturated carbocycles. The van der Waals surface area contributed by atoms with E-state index in [4.69, 9.17) is 4.74 Å². The molecule has 0 N–H and O–H groups in total. The average molecular weight is 230 g/mol. The van der Waals surface area contributed by atoms with E-state index in [0.29, 0.717) is 6.61 Å². The van der Waals surface area contributed by atoms with Gasteiger partial charge in [0.15, 0.2) is 6.04 Å². The number of benzene rings is 1. The van der Waals surface area contributed by atoms with Gasteiger partial charge in [0.05, 0.1) is 6.61 Å². The quantitative estimate of drug-likeness (QED) is 0.746. The molecule has 1 unspecified atom stereocenters. The Hall–Kier alpha value is -2.10. The van der Waals surface area contributed by atoms with Crippen molar-refractivity contribution in [2.24, 2.45) is 4.99 Å². The first-order valence-electron chi connectivity index (χ1n) is 5.53. The van der Waals surface area contributed by atoms with Crippen LogP contribution in [0.25, 0.3) is 0 Å². The van der Waals surface area contributed by atoms with Gasteiger partial charge in [0.25, 0.3) is 0 Å². The van der Waals surface area contributed by atoms with E-state index >= 15 is 0 Å². The minimum atomic E-state index is -0.484. The van der Waals surface area contributed by atoms with Gasteiger partial charge in [0, 0.05) is 24.3 Å². The second-order valence-electron chi connectivity index (χ2n) is 3.54. The third-order valence-electron chi connectivity index (χ3n) is 2.42. The molecular formula is C13H14N2O2. The molecule has 4 nitrogen and oxygen atoms in total.